The van der Waals surface area contributed by atoms with E-state index in [2.05, 4.69) is 25.6 Å². The van der Waals surface area contributed by atoms with Crippen LogP contribution in [-0.4, -0.2) is 58.9 Å². The van der Waals surface area contributed by atoms with Gasteiger partial charge < -0.3 is 30.0 Å². The van der Waals surface area contributed by atoms with Gasteiger partial charge in [0.15, 0.2) is 11.6 Å². The van der Waals surface area contributed by atoms with Crippen LogP contribution in [0.15, 0.2) is 30.5 Å². The molecule has 1 aliphatic heterocycles. The molecule has 35 heavy (non-hydrogen) atoms. The molecule has 1 saturated carbocycles. The van der Waals surface area contributed by atoms with Crippen LogP contribution >= 0.6 is 0 Å². The average molecular weight is 484 g/mol. The van der Waals surface area contributed by atoms with Gasteiger partial charge in [-0.3, -0.25) is 9.78 Å². The number of fused-ring (bicyclic) bond motifs is 2. The predicted octanol–water partition coefficient (Wildman–Crippen LogP) is 2.06. The monoisotopic (exact) mass is 483 g/mol. The molecule has 0 bridgehead atoms. The lowest BCUT2D eigenvalue weighted by molar-refractivity contribution is -0.119. The van der Waals surface area contributed by atoms with Crippen molar-refractivity contribution in [1.82, 2.24) is 20.3 Å². The molecule has 3 N–H and O–H groups in total. The molecule has 0 aromatic carbocycles. The molecule has 1 aliphatic carbocycles. The number of nitrogens with one attached hydrogen (secondary N) is 2. The van der Waals surface area contributed by atoms with Crippen LogP contribution in [0.5, 0.6) is 17.5 Å². The summed E-state index contributed by atoms with van der Waals surface area (Å²) >= 11 is 0. The molecule has 3 aromatic rings. The largest absolute Gasteiger partial charge is 0.484 e. The number of hydrogen-bond donors (Lipinski definition) is 3. The molecular weight excluding hydrogens is 457 g/mol. The molecular formula is C24H26FN5O5. The lowest BCUT2D eigenvalue weighted by atomic mass is 10.0. The number of aliphatic hydroxyl groups excluding tert-OH is 1. The molecule has 0 spiro atoms. The quantitative estimate of drug-likeness (QED) is 0.463. The number of anilines is 1. The van der Waals surface area contributed by atoms with E-state index in [0.717, 1.165) is 11.9 Å². The molecule has 0 saturated heterocycles. The normalized spacial score (nSPS) is 21.2. The fraction of sp³-hybridized carbons (Fsp3) is 0.417. The van der Waals surface area contributed by atoms with Gasteiger partial charge in [0, 0.05) is 25.1 Å². The van der Waals surface area contributed by atoms with Gasteiger partial charge >= 0.3 is 0 Å². The predicted molar refractivity (Wildman–Crippen MR) is 124 cm³/mol. The lowest BCUT2D eigenvalue weighted by Crippen LogP contribution is -2.28. The number of carbonyl (C=O) groups is 1. The van der Waals surface area contributed by atoms with Gasteiger partial charge in [0.2, 0.25) is 11.8 Å². The maximum absolute atomic E-state index is 14.5. The number of pyridine rings is 3. The van der Waals surface area contributed by atoms with E-state index >= 15 is 0 Å². The maximum Gasteiger partial charge on any atom is 0.257 e. The Morgan fingerprint density at radius 3 is 2.91 bits per heavy atom. The molecule has 0 radical (unpaired) electrons. The summed E-state index contributed by atoms with van der Waals surface area (Å²) in [6.07, 6.45) is 1.16. The lowest BCUT2D eigenvalue weighted by Gasteiger charge is -2.18. The summed E-state index contributed by atoms with van der Waals surface area (Å²) in [5.74, 6) is -0.234. The number of hydrogen-bond acceptors (Lipinski definition) is 9. The third kappa shape index (κ3) is 4.96. The van der Waals surface area contributed by atoms with Crippen molar-refractivity contribution in [2.75, 3.05) is 32.2 Å². The topological polar surface area (TPSA) is 128 Å². The number of nitrogens with zero attached hydrogens (tertiary/aromatic N) is 3. The zero-order chi connectivity index (χ0) is 24.4. The van der Waals surface area contributed by atoms with Crippen molar-refractivity contribution in [3.63, 3.8) is 0 Å². The number of carbonyl (C=O) groups excluding carboxylic acids is 1. The van der Waals surface area contributed by atoms with Crippen molar-refractivity contribution in [3.8, 4) is 17.5 Å². The van der Waals surface area contributed by atoms with E-state index in [1.807, 2.05) is 12.1 Å². The molecule has 3 atom stereocenters. The van der Waals surface area contributed by atoms with E-state index in [1.54, 1.807) is 12.1 Å². The first-order valence-electron chi connectivity index (χ1n) is 11.5. The van der Waals surface area contributed by atoms with Gasteiger partial charge in [-0.1, -0.05) is 0 Å². The molecule has 184 valence electrons. The van der Waals surface area contributed by atoms with E-state index in [0.29, 0.717) is 56.3 Å². The first kappa shape index (κ1) is 23.2. The molecule has 2 aliphatic rings. The second-order valence-corrected chi connectivity index (χ2v) is 8.62. The van der Waals surface area contributed by atoms with Crippen LogP contribution < -0.4 is 24.8 Å². The number of amides is 1. The van der Waals surface area contributed by atoms with Crippen LogP contribution in [0.25, 0.3) is 11.0 Å². The van der Waals surface area contributed by atoms with E-state index in [4.69, 9.17) is 14.2 Å². The Morgan fingerprint density at radius 1 is 1.20 bits per heavy atom. The highest BCUT2D eigenvalue weighted by Gasteiger charge is 2.37. The molecule has 4 heterocycles. The van der Waals surface area contributed by atoms with Crippen LogP contribution in [0.3, 0.4) is 0 Å². The Balaban J connectivity index is 1.19. The Kier molecular flexibility index (Phi) is 6.60. The third-order valence-corrected chi connectivity index (χ3v) is 6.30. The molecule has 10 nitrogen and oxygen atoms in total. The maximum atomic E-state index is 14.5. The minimum Gasteiger partial charge on any atom is -0.484 e. The number of halogens is 1. The second-order valence-electron chi connectivity index (χ2n) is 8.62. The summed E-state index contributed by atoms with van der Waals surface area (Å²) in [6.45, 7) is 1.97. The van der Waals surface area contributed by atoms with Gasteiger partial charge in [-0.2, -0.15) is 0 Å². The van der Waals surface area contributed by atoms with Gasteiger partial charge in [0.1, 0.15) is 24.4 Å². The number of methoxy groups -OCH3 is 1. The van der Waals surface area contributed by atoms with Crippen molar-refractivity contribution < 1.29 is 28.5 Å². The number of aromatic nitrogens is 3. The zero-order valence-electron chi connectivity index (χ0n) is 19.2. The van der Waals surface area contributed by atoms with Gasteiger partial charge in [-0.25, -0.2) is 14.4 Å². The fourth-order valence-electron chi connectivity index (χ4n) is 4.47. The van der Waals surface area contributed by atoms with E-state index < -0.39 is 17.8 Å². The number of aliphatic hydroxyl groups is 1. The van der Waals surface area contributed by atoms with Gasteiger partial charge in [-0.05, 0) is 37.0 Å². The highest BCUT2D eigenvalue weighted by Crippen LogP contribution is 2.33. The summed E-state index contributed by atoms with van der Waals surface area (Å²) < 4.78 is 30.7. The Hall–Kier alpha value is -3.57. The van der Waals surface area contributed by atoms with Crippen LogP contribution in [0.1, 0.15) is 18.5 Å². The summed E-state index contributed by atoms with van der Waals surface area (Å²) in [5.41, 5.74) is 1.39. The molecule has 3 aromatic heterocycles. The molecule has 1 unspecified atom stereocenters. The molecule has 5 rings (SSSR count). The van der Waals surface area contributed by atoms with Crippen LogP contribution in [0, 0.1) is 17.7 Å². The van der Waals surface area contributed by atoms with Gasteiger partial charge in [-0.15, -0.1) is 0 Å². The SMILES string of the molecule is COc1ccc2ncc(F)c(NC(=O)C3C[C@H](CNCc4ccc5c(n4)OCCO5)[C@H](O)C3)c2n1. The highest BCUT2D eigenvalue weighted by atomic mass is 19.1. The van der Waals surface area contributed by atoms with Crippen molar-refractivity contribution >= 4 is 22.6 Å². The third-order valence-electron chi connectivity index (χ3n) is 6.30. The zero-order valence-corrected chi connectivity index (χ0v) is 19.2. The summed E-state index contributed by atoms with van der Waals surface area (Å²) in [7, 11) is 1.46. The Morgan fingerprint density at radius 2 is 2.06 bits per heavy atom. The molecule has 1 fully saturated rings. The number of rotatable bonds is 7. The van der Waals surface area contributed by atoms with Crippen molar-refractivity contribution in [2.24, 2.45) is 11.8 Å². The van der Waals surface area contributed by atoms with Crippen LogP contribution in [0.2, 0.25) is 0 Å². The molecule has 1 amide bonds. The van der Waals surface area contributed by atoms with Crippen molar-refractivity contribution in [1.29, 1.82) is 0 Å². The van der Waals surface area contributed by atoms with E-state index in [1.165, 1.54) is 7.11 Å². The summed E-state index contributed by atoms with van der Waals surface area (Å²) in [5, 5.41) is 16.5. The minimum absolute atomic E-state index is 0.0420. The Labute approximate surface area is 200 Å². The van der Waals surface area contributed by atoms with Crippen molar-refractivity contribution in [3.05, 3.63) is 42.0 Å². The first-order chi connectivity index (χ1) is 17.0. The standard InChI is InChI=1S/C24H26FN5O5/c1-33-20-5-3-17-22(29-20)21(16(25)12-27-17)30-23(32)13-8-14(18(31)9-13)10-26-11-15-2-4-19-24(28-15)35-7-6-34-19/h2-5,12-14,18,26,31H,6-11H2,1H3,(H,27,30,32)/t13?,14-,18-/m1/s1. The Bertz CT molecular complexity index is 1240. The van der Waals surface area contributed by atoms with E-state index in [9.17, 15) is 14.3 Å². The summed E-state index contributed by atoms with van der Waals surface area (Å²) in [6, 6.07) is 6.95. The van der Waals surface area contributed by atoms with Gasteiger partial charge in [0.25, 0.3) is 5.88 Å². The minimum atomic E-state index is -0.685. The number of ether oxygens (including phenoxy) is 3. The average Bonchev–Trinajstić information content (AvgIpc) is 3.25. The van der Waals surface area contributed by atoms with Gasteiger partial charge in [0.05, 0.1) is 30.6 Å². The smallest absolute Gasteiger partial charge is 0.257 e. The van der Waals surface area contributed by atoms with Crippen molar-refractivity contribution in [2.45, 2.75) is 25.5 Å². The summed E-state index contributed by atoms with van der Waals surface area (Å²) in [4.78, 5) is 25.7. The second kappa shape index (κ2) is 9.96. The fourth-order valence-corrected chi connectivity index (χ4v) is 4.47. The van der Waals surface area contributed by atoms with Crippen LogP contribution in [-0.2, 0) is 11.3 Å². The van der Waals surface area contributed by atoms with E-state index in [-0.39, 0.29) is 28.9 Å². The molecule has 11 heteroatoms. The van der Waals surface area contributed by atoms with Crippen LogP contribution in [0.4, 0.5) is 10.1 Å². The first-order valence-corrected chi connectivity index (χ1v) is 11.5. The highest BCUT2D eigenvalue weighted by molar-refractivity contribution is 6.00.